The van der Waals surface area contributed by atoms with E-state index < -0.39 is 0 Å². The summed E-state index contributed by atoms with van der Waals surface area (Å²) in [6, 6.07) is 0. The van der Waals surface area contributed by atoms with Gasteiger partial charge in [0, 0.05) is 28.0 Å². The monoisotopic (exact) mass is 1030 g/mol. The highest BCUT2D eigenvalue weighted by Crippen LogP contribution is 2.16. The van der Waals surface area contributed by atoms with E-state index in [-0.39, 0.29) is 37.1 Å². The van der Waals surface area contributed by atoms with Crippen LogP contribution in [0.25, 0.3) is 0 Å². The fourth-order valence-corrected chi connectivity index (χ4v) is 5.89. The molecule has 6 rings (SSSR count). The van der Waals surface area contributed by atoms with Crippen LogP contribution in [0.5, 0.6) is 0 Å². The molecule has 0 radical (unpaired) electrons. The lowest BCUT2D eigenvalue weighted by molar-refractivity contribution is 0.799. The molecule has 0 unspecified atom stereocenters. The fourth-order valence-electron chi connectivity index (χ4n) is 2.58. The average Bonchev–Trinajstić information content (AvgIpc) is 4.14. The Morgan fingerprint density at radius 2 is 0.954 bits per heavy atom. The van der Waals surface area contributed by atoms with Crippen molar-refractivity contribution in [3.63, 3.8) is 0 Å². The topological polar surface area (TPSA) is 155 Å². The standard InChI is InChI=1S/6C5H8N2S.6C2H6.5CH4/c1-4(2)5-7-6-3-8-5;1-4(2)5-6-3-8-7-5;1-4(2)5-6-3-7-8-5;1-4(2)5-3-8-7-6-5;1-4(2)5-3-6-7-8-5;1-4(2)5-3-6-8-7-5;6*1-2;;;;;/h6*3-4H,1-2H3;6*1-2H3;5*1H4. The summed E-state index contributed by atoms with van der Waals surface area (Å²) in [5.41, 5.74) is 5.70. The molecule has 388 valence electrons. The summed E-state index contributed by atoms with van der Waals surface area (Å²) in [6.07, 6.45) is 5.23. The summed E-state index contributed by atoms with van der Waals surface area (Å²) in [5, 5.41) is 19.4. The average molecular weight is 1030 g/mol. The predicted octanol–water partition coefficient (Wildman–Crippen LogP) is 19.3. The van der Waals surface area contributed by atoms with Gasteiger partial charge in [0.25, 0.3) is 0 Å². The molecule has 18 heteroatoms. The lowest BCUT2D eigenvalue weighted by atomic mass is 10.2. The highest BCUT2D eigenvalue weighted by atomic mass is 32.1. The van der Waals surface area contributed by atoms with Crippen molar-refractivity contribution in [1.82, 2.24) is 56.8 Å². The van der Waals surface area contributed by atoms with E-state index in [1.807, 2.05) is 101 Å². The van der Waals surface area contributed by atoms with E-state index in [0.29, 0.717) is 35.5 Å². The number of hydrogen-bond acceptors (Lipinski definition) is 18. The molecule has 0 aliphatic heterocycles. The molecule has 0 spiro atoms. The van der Waals surface area contributed by atoms with Gasteiger partial charge in [-0.15, -0.1) is 31.7 Å². The van der Waals surface area contributed by atoms with Gasteiger partial charge in [-0.2, -0.15) is 17.5 Å². The molecule has 6 aromatic heterocycles. The lowest BCUT2D eigenvalue weighted by Crippen LogP contribution is -1.87. The van der Waals surface area contributed by atoms with Gasteiger partial charge < -0.3 is 0 Å². The molecule has 6 aromatic rings. The van der Waals surface area contributed by atoms with Crippen LogP contribution in [-0.4, -0.2) is 56.8 Å². The van der Waals surface area contributed by atoms with E-state index in [1.54, 1.807) is 28.7 Å². The van der Waals surface area contributed by atoms with Crippen LogP contribution in [0.2, 0.25) is 0 Å². The first kappa shape index (κ1) is 89.0. The molecule has 0 fully saturated rings. The van der Waals surface area contributed by atoms with Crippen LogP contribution in [0.15, 0.2) is 35.1 Å². The van der Waals surface area contributed by atoms with E-state index in [2.05, 4.69) is 140 Å². The molecule has 6 heterocycles. The van der Waals surface area contributed by atoms with Crippen molar-refractivity contribution in [1.29, 1.82) is 0 Å². The Labute approximate surface area is 429 Å². The van der Waals surface area contributed by atoms with Gasteiger partial charge in [0.2, 0.25) is 0 Å². The molecule has 0 aliphatic carbocycles. The number of nitrogens with zero attached hydrogens (tertiary/aromatic N) is 12. The van der Waals surface area contributed by atoms with Crippen LogP contribution < -0.4 is 0 Å². The quantitative estimate of drug-likeness (QED) is 0.156. The van der Waals surface area contributed by atoms with E-state index in [0.717, 1.165) is 27.2 Å². The van der Waals surface area contributed by atoms with E-state index in [1.165, 1.54) is 62.7 Å². The summed E-state index contributed by atoms with van der Waals surface area (Å²) in [5.74, 6) is 4.11. The summed E-state index contributed by atoms with van der Waals surface area (Å²) >= 11 is 8.63. The predicted molar refractivity (Wildman–Crippen MR) is 306 cm³/mol. The third-order valence-electron chi connectivity index (χ3n) is 5.52. The minimum atomic E-state index is 0. The van der Waals surface area contributed by atoms with Crippen molar-refractivity contribution in [2.24, 2.45) is 0 Å². The van der Waals surface area contributed by atoms with E-state index in [9.17, 15) is 0 Å². The molecule has 0 aromatic carbocycles. The summed E-state index contributed by atoms with van der Waals surface area (Å²) in [6.45, 7) is 49.3. The number of hydrogen-bond donors (Lipinski definition) is 0. The van der Waals surface area contributed by atoms with Crippen molar-refractivity contribution in [3.8, 4) is 0 Å². The first-order chi connectivity index (χ1) is 28.8. The third kappa shape index (κ3) is 53.9. The van der Waals surface area contributed by atoms with Gasteiger partial charge in [-0.3, -0.25) is 0 Å². The first-order valence-electron chi connectivity index (χ1n) is 21.4. The van der Waals surface area contributed by atoms with E-state index in [4.69, 9.17) is 0 Å². The molecule has 0 saturated heterocycles. The Morgan fingerprint density at radius 1 is 0.431 bits per heavy atom. The summed E-state index contributed by atoms with van der Waals surface area (Å²) in [4.78, 5) is 9.30. The smallest absolute Gasteiger partial charge is 0.144 e. The van der Waals surface area contributed by atoms with Gasteiger partial charge in [0.05, 0.1) is 35.5 Å². The van der Waals surface area contributed by atoms with Crippen molar-refractivity contribution in [2.45, 2.75) is 239 Å². The van der Waals surface area contributed by atoms with Crippen LogP contribution in [0.4, 0.5) is 0 Å². The van der Waals surface area contributed by atoms with Gasteiger partial charge >= 0.3 is 0 Å². The molecule has 12 nitrogen and oxygen atoms in total. The van der Waals surface area contributed by atoms with Gasteiger partial charge in [-0.1, -0.05) is 212 Å². The third-order valence-corrected chi connectivity index (χ3v) is 9.95. The largest absolute Gasteiger partial charge is 0.228 e. The van der Waals surface area contributed by atoms with Gasteiger partial charge in [-0.05, 0) is 63.9 Å². The first-order valence-corrected chi connectivity index (χ1v) is 26.3. The Bertz CT molecular complexity index is 1180. The van der Waals surface area contributed by atoms with Crippen LogP contribution >= 0.6 is 69.2 Å². The lowest BCUT2D eigenvalue weighted by Gasteiger charge is -1.92. The molecule has 0 atom stereocenters. The Kier molecular flexibility index (Phi) is 93.0. The highest BCUT2D eigenvalue weighted by molar-refractivity contribution is 7.09. The number of rotatable bonds is 6. The fraction of sp³-hybridized carbons (Fsp3) is 0.745. The van der Waals surface area contributed by atoms with Gasteiger partial charge in [-0.25, -0.2) is 9.97 Å². The Hall–Kier alpha value is -2.64. The Balaban J connectivity index is -0.0000000562. The van der Waals surface area contributed by atoms with Crippen LogP contribution in [0.3, 0.4) is 0 Å². The van der Waals surface area contributed by atoms with Crippen molar-refractivity contribution < 1.29 is 0 Å². The zero-order valence-electron chi connectivity index (χ0n) is 41.7. The normalized spacial score (nSPS) is 8.22. The van der Waals surface area contributed by atoms with E-state index >= 15 is 0 Å². The second-order valence-electron chi connectivity index (χ2n) is 11.8. The van der Waals surface area contributed by atoms with Gasteiger partial charge in [0.1, 0.15) is 33.2 Å². The SMILES string of the molecule is C.C.C.C.C.CC.CC.CC.CC.CC.CC.CC(C)c1cnns1.CC(C)c1cnsn1.CC(C)c1csnn1.CC(C)c1ncns1.CC(C)c1ncsn1.CC(C)c1nncs1. The Morgan fingerprint density at radius 3 is 1.14 bits per heavy atom. The molecule has 0 saturated carbocycles. The highest BCUT2D eigenvalue weighted by Gasteiger charge is 2.02. The molecule has 0 aliphatic rings. The van der Waals surface area contributed by atoms with Gasteiger partial charge in [0.15, 0.2) is 0 Å². The van der Waals surface area contributed by atoms with Crippen LogP contribution in [0.1, 0.15) is 271 Å². The van der Waals surface area contributed by atoms with Crippen LogP contribution in [-0.2, 0) is 0 Å². The molecule has 65 heavy (non-hydrogen) atoms. The maximum Gasteiger partial charge on any atom is 0.144 e. The number of aromatic nitrogens is 12. The van der Waals surface area contributed by atoms with Crippen molar-refractivity contribution in [2.75, 3.05) is 0 Å². The van der Waals surface area contributed by atoms with Crippen molar-refractivity contribution in [3.05, 3.63) is 67.2 Å². The molecular formula is C47H104N12S6. The zero-order chi connectivity index (χ0) is 47.9. The second-order valence-corrected chi connectivity index (χ2v) is 16.0. The zero-order valence-corrected chi connectivity index (χ0v) is 46.6. The maximum absolute atomic E-state index is 4.05. The second kappa shape index (κ2) is 67.9. The van der Waals surface area contributed by atoms with Crippen molar-refractivity contribution >= 4 is 69.2 Å². The summed E-state index contributed by atoms with van der Waals surface area (Å²) in [7, 11) is 0. The molecule has 0 bridgehead atoms. The minimum Gasteiger partial charge on any atom is -0.228 e. The maximum atomic E-state index is 4.05. The molecule has 0 N–H and O–H groups in total. The van der Waals surface area contributed by atoms with Crippen LogP contribution in [0, 0.1) is 0 Å². The molecule has 0 amide bonds. The molecular weight excluding hydrogens is 925 g/mol. The summed E-state index contributed by atoms with van der Waals surface area (Å²) < 4.78 is 23.3. The minimum absolute atomic E-state index is 0.